The van der Waals surface area contributed by atoms with Gasteiger partial charge in [-0.2, -0.15) is 0 Å². The fourth-order valence-corrected chi connectivity index (χ4v) is 1.55. The van der Waals surface area contributed by atoms with E-state index in [1.165, 1.54) is 11.1 Å². The molecule has 8 nitrogen and oxygen atoms in total. The highest BCUT2D eigenvalue weighted by atomic mass is 31.2. The molecule has 1 heterocycles. The predicted molar refractivity (Wildman–Crippen MR) is 72.1 cm³/mol. The van der Waals surface area contributed by atoms with Gasteiger partial charge in [-0.15, -0.1) is 0 Å². The molecule has 0 atom stereocenters. The highest BCUT2D eigenvalue weighted by Gasteiger charge is 2.26. The number of phosphoric ester groups is 1. The topological polar surface area (TPSA) is 121 Å². The van der Waals surface area contributed by atoms with E-state index in [0.717, 1.165) is 0 Å². The lowest BCUT2D eigenvalue weighted by atomic mass is 10.4. The summed E-state index contributed by atoms with van der Waals surface area (Å²) in [6.07, 6.45) is 2.10. The first-order valence-corrected chi connectivity index (χ1v) is 7.02. The monoisotopic (exact) mass is 288 g/mol. The minimum atomic E-state index is -4.56. The molecule has 4 N–H and O–H groups in total. The van der Waals surface area contributed by atoms with E-state index in [1.807, 2.05) is 6.92 Å². The Morgan fingerprint density at radius 2 is 2.32 bits per heavy atom. The van der Waals surface area contributed by atoms with Crippen LogP contribution in [0.25, 0.3) is 0 Å². The predicted octanol–water partition coefficient (Wildman–Crippen LogP) is 0.910. The lowest BCUT2D eigenvalue weighted by Gasteiger charge is -2.18. The van der Waals surface area contributed by atoms with Crippen LogP contribution in [0.15, 0.2) is 34.2 Å². The summed E-state index contributed by atoms with van der Waals surface area (Å²) in [5.74, 6) is 0.836. The van der Waals surface area contributed by atoms with Crippen molar-refractivity contribution in [1.29, 1.82) is 0 Å². The zero-order valence-corrected chi connectivity index (χ0v) is 11.7. The van der Waals surface area contributed by atoms with E-state index in [1.54, 1.807) is 6.92 Å². The smallest absolute Gasteiger partial charge is 0.401 e. The van der Waals surface area contributed by atoms with Crippen molar-refractivity contribution >= 4 is 19.5 Å². The van der Waals surface area contributed by atoms with Crippen LogP contribution in [-0.2, 0) is 9.09 Å². The number of allylic oxidation sites excluding steroid dienone is 1. The van der Waals surface area contributed by atoms with Gasteiger partial charge in [0, 0.05) is 11.9 Å². The fraction of sp³-hybridized carbons (Fsp3) is 0.400. The first-order valence-electron chi connectivity index (χ1n) is 5.49. The Morgan fingerprint density at radius 3 is 2.84 bits per heavy atom. The molecule has 0 spiro atoms. The Morgan fingerprint density at radius 1 is 1.68 bits per heavy atom. The first kappa shape index (κ1) is 15.6. The van der Waals surface area contributed by atoms with Gasteiger partial charge in [-0.1, -0.05) is 13.5 Å². The minimum absolute atomic E-state index is 0.349. The molecule has 0 saturated heterocycles. The Labute approximate surface area is 111 Å². The summed E-state index contributed by atoms with van der Waals surface area (Å²) in [5.41, 5.74) is 6.58. The maximum Gasteiger partial charge on any atom is 0.471 e. The number of amidine groups is 2. The second kappa shape index (κ2) is 6.12. The van der Waals surface area contributed by atoms with Gasteiger partial charge in [-0.25, -0.2) is 14.5 Å². The van der Waals surface area contributed by atoms with Crippen LogP contribution >= 0.6 is 7.82 Å². The van der Waals surface area contributed by atoms with Crippen LogP contribution in [0.1, 0.15) is 20.3 Å². The summed E-state index contributed by atoms with van der Waals surface area (Å²) >= 11 is 0. The van der Waals surface area contributed by atoms with Gasteiger partial charge in [0.25, 0.3) is 0 Å². The summed E-state index contributed by atoms with van der Waals surface area (Å²) in [6.45, 7) is 6.88. The van der Waals surface area contributed by atoms with Crippen LogP contribution < -0.4 is 5.73 Å². The maximum absolute atomic E-state index is 10.7. The van der Waals surface area contributed by atoms with Crippen LogP contribution in [0.5, 0.6) is 0 Å². The van der Waals surface area contributed by atoms with Crippen LogP contribution in [0.2, 0.25) is 0 Å². The Balaban J connectivity index is 2.89. The van der Waals surface area contributed by atoms with Gasteiger partial charge in [-0.3, -0.25) is 9.42 Å². The molecule has 1 aliphatic heterocycles. The lowest BCUT2D eigenvalue weighted by molar-refractivity contribution is 0.163. The minimum Gasteiger partial charge on any atom is -0.401 e. The highest BCUT2D eigenvalue weighted by Crippen LogP contribution is 2.36. The summed E-state index contributed by atoms with van der Waals surface area (Å²) in [4.78, 5) is 27.0. The molecule has 19 heavy (non-hydrogen) atoms. The van der Waals surface area contributed by atoms with E-state index in [0.29, 0.717) is 29.5 Å². The van der Waals surface area contributed by atoms with Crippen molar-refractivity contribution in [1.82, 2.24) is 4.90 Å². The first-order chi connectivity index (χ1) is 8.74. The standard InChI is InChI=1S/C10H17N4O4P/c1-4-9(11)5-12-10-7(2)13-8(3)14(10)6-18-19(15,16)17/h5H,2,4,6,11H2,1,3H3,(H2,15,16,17)/b9-5+,12-10+. The van der Waals surface area contributed by atoms with Gasteiger partial charge >= 0.3 is 7.82 Å². The molecule has 0 aromatic heterocycles. The molecule has 0 saturated carbocycles. The normalized spacial score (nSPS) is 19.3. The molecule has 0 aromatic carbocycles. The average Bonchev–Trinajstić information content (AvgIpc) is 2.57. The third-order valence-electron chi connectivity index (χ3n) is 2.32. The lowest BCUT2D eigenvalue weighted by Crippen LogP contribution is -2.32. The van der Waals surface area contributed by atoms with Gasteiger partial charge in [0.05, 0.1) is 0 Å². The van der Waals surface area contributed by atoms with Crippen molar-refractivity contribution in [3.05, 3.63) is 24.2 Å². The van der Waals surface area contributed by atoms with Gasteiger partial charge in [-0.05, 0) is 13.3 Å². The van der Waals surface area contributed by atoms with Crippen LogP contribution in [-0.4, -0.2) is 33.1 Å². The number of phosphoric acid groups is 1. The Hall–Kier alpha value is -1.47. The highest BCUT2D eigenvalue weighted by molar-refractivity contribution is 7.46. The largest absolute Gasteiger partial charge is 0.471 e. The van der Waals surface area contributed by atoms with Crippen molar-refractivity contribution in [2.24, 2.45) is 15.7 Å². The summed E-state index contributed by atoms with van der Waals surface area (Å²) in [6, 6.07) is 0. The van der Waals surface area contributed by atoms with E-state index < -0.39 is 7.82 Å². The molecular formula is C10H17N4O4P. The number of nitrogens with two attached hydrogens (primary N) is 1. The quantitative estimate of drug-likeness (QED) is 0.646. The summed E-state index contributed by atoms with van der Waals surface area (Å²) in [7, 11) is -4.56. The van der Waals surface area contributed by atoms with Crippen molar-refractivity contribution in [3.63, 3.8) is 0 Å². The third-order valence-corrected chi connectivity index (χ3v) is 2.77. The molecule has 0 amide bonds. The molecule has 0 radical (unpaired) electrons. The van der Waals surface area contributed by atoms with Gasteiger partial charge in [0.1, 0.15) is 18.3 Å². The Kier molecular flexibility index (Phi) is 5.02. The molecule has 1 aliphatic rings. The second-order valence-corrected chi connectivity index (χ2v) is 5.03. The molecule has 0 aliphatic carbocycles. The summed E-state index contributed by atoms with van der Waals surface area (Å²) < 4.78 is 15.1. The fourth-order valence-electron chi connectivity index (χ4n) is 1.28. The van der Waals surface area contributed by atoms with E-state index >= 15 is 0 Å². The molecule has 0 bridgehead atoms. The summed E-state index contributed by atoms with van der Waals surface area (Å²) in [5, 5.41) is 0. The van der Waals surface area contributed by atoms with Crippen molar-refractivity contribution in [2.45, 2.75) is 20.3 Å². The number of hydrogen-bond donors (Lipinski definition) is 3. The molecule has 106 valence electrons. The maximum atomic E-state index is 10.7. The Bertz CT molecular complexity index is 506. The van der Waals surface area contributed by atoms with Gasteiger partial charge in [0.15, 0.2) is 5.84 Å². The number of nitrogens with zero attached hydrogens (tertiary/aromatic N) is 3. The van der Waals surface area contributed by atoms with Crippen molar-refractivity contribution in [3.8, 4) is 0 Å². The van der Waals surface area contributed by atoms with Crippen molar-refractivity contribution in [2.75, 3.05) is 6.73 Å². The van der Waals surface area contributed by atoms with Crippen LogP contribution in [0, 0.1) is 0 Å². The second-order valence-electron chi connectivity index (χ2n) is 3.79. The van der Waals surface area contributed by atoms with E-state index in [4.69, 9.17) is 15.5 Å². The molecule has 0 aromatic rings. The average molecular weight is 288 g/mol. The van der Waals surface area contributed by atoms with E-state index in [2.05, 4.69) is 21.1 Å². The number of rotatable bonds is 5. The SMILES string of the molecule is C=C1N=C(C)N(COP(=O)(O)O)/C1=N/C=C(/N)CC. The molecule has 0 unspecified atom stereocenters. The number of hydrogen-bond acceptors (Lipinski definition) is 5. The molecular weight excluding hydrogens is 271 g/mol. The van der Waals surface area contributed by atoms with E-state index in [9.17, 15) is 4.57 Å². The van der Waals surface area contributed by atoms with Gasteiger partial charge in [0.2, 0.25) is 0 Å². The molecule has 9 heteroatoms. The zero-order chi connectivity index (χ0) is 14.6. The van der Waals surface area contributed by atoms with Crippen LogP contribution in [0.4, 0.5) is 0 Å². The van der Waals surface area contributed by atoms with Gasteiger partial charge < -0.3 is 15.5 Å². The molecule has 1 rings (SSSR count). The van der Waals surface area contributed by atoms with E-state index in [-0.39, 0.29) is 6.73 Å². The van der Waals surface area contributed by atoms with Crippen molar-refractivity contribution < 1.29 is 18.9 Å². The van der Waals surface area contributed by atoms with Crippen LogP contribution in [0.3, 0.4) is 0 Å². The third kappa shape index (κ3) is 4.60. The molecule has 0 fully saturated rings. The number of aliphatic imine (C=N–C) groups is 2. The zero-order valence-electron chi connectivity index (χ0n) is 10.8.